The van der Waals surface area contributed by atoms with Gasteiger partial charge in [0.2, 0.25) is 0 Å². The summed E-state index contributed by atoms with van der Waals surface area (Å²) in [4.78, 5) is 0. The first-order valence-electron chi connectivity index (χ1n) is 7.87. The Morgan fingerprint density at radius 3 is 2.75 bits per heavy atom. The van der Waals surface area contributed by atoms with Gasteiger partial charge < -0.3 is 14.8 Å². The topological polar surface area (TPSA) is 30.5 Å². The fraction of sp³-hybridized carbons (Fsp3) is 0.647. The molecular weight excluding hydrogens is 250 g/mol. The van der Waals surface area contributed by atoms with Crippen molar-refractivity contribution >= 4 is 0 Å². The van der Waals surface area contributed by atoms with E-state index in [0.717, 1.165) is 24.0 Å². The summed E-state index contributed by atoms with van der Waals surface area (Å²) in [5, 5.41) is 3.61. The molecule has 0 heterocycles. The van der Waals surface area contributed by atoms with Crippen LogP contribution in [0.1, 0.15) is 39.5 Å². The third kappa shape index (κ3) is 5.04. The lowest BCUT2D eigenvalue weighted by Gasteiger charge is -2.27. The second kappa shape index (κ2) is 8.15. The summed E-state index contributed by atoms with van der Waals surface area (Å²) in [7, 11) is 0. The zero-order valence-corrected chi connectivity index (χ0v) is 12.7. The molecule has 0 radical (unpaired) electrons. The van der Waals surface area contributed by atoms with Crippen LogP contribution >= 0.6 is 0 Å². The molecule has 0 spiro atoms. The highest BCUT2D eigenvalue weighted by Gasteiger charge is 2.17. The highest BCUT2D eigenvalue weighted by Crippen LogP contribution is 2.23. The lowest BCUT2D eigenvalue weighted by molar-refractivity contribution is 0.265. The Morgan fingerprint density at radius 2 is 2.00 bits per heavy atom. The molecule has 3 heteroatoms. The lowest BCUT2D eigenvalue weighted by atomic mass is 9.87. The summed E-state index contributed by atoms with van der Waals surface area (Å²) in [6.45, 7) is 6.65. The maximum Gasteiger partial charge on any atom is 0.123 e. The first-order chi connectivity index (χ1) is 9.78. The van der Waals surface area contributed by atoms with E-state index in [9.17, 15) is 0 Å². The van der Waals surface area contributed by atoms with Gasteiger partial charge in [0.05, 0.1) is 6.61 Å². The van der Waals surface area contributed by atoms with Gasteiger partial charge in [-0.15, -0.1) is 0 Å². The molecule has 0 aromatic heterocycles. The third-order valence-corrected chi connectivity index (χ3v) is 3.86. The Bertz CT molecular complexity index is 394. The normalized spacial score (nSPS) is 22.5. The van der Waals surface area contributed by atoms with Crippen LogP contribution in [0.3, 0.4) is 0 Å². The van der Waals surface area contributed by atoms with Crippen LogP contribution in [0.25, 0.3) is 0 Å². The molecular formula is C17H27NO2. The predicted molar refractivity (Wildman–Crippen MR) is 82.5 cm³/mol. The van der Waals surface area contributed by atoms with Crippen molar-refractivity contribution < 1.29 is 9.47 Å². The third-order valence-electron chi connectivity index (χ3n) is 3.86. The molecule has 112 valence electrons. The van der Waals surface area contributed by atoms with Crippen molar-refractivity contribution in [3.05, 3.63) is 24.3 Å². The Labute approximate surface area is 122 Å². The van der Waals surface area contributed by atoms with Crippen LogP contribution in [0.5, 0.6) is 11.5 Å². The predicted octanol–water partition coefficient (Wildman–Crippen LogP) is 3.63. The molecule has 1 aromatic carbocycles. The average molecular weight is 277 g/mol. The maximum atomic E-state index is 5.77. The molecule has 1 fully saturated rings. The molecule has 1 aliphatic rings. The molecule has 20 heavy (non-hydrogen) atoms. The van der Waals surface area contributed by atoms with E-state index in [2.05, 4.69) is 12.2 Å². The van der Waals surface area contributed by atoms with Crippen LogP contribution < -0.4 is 14.8 Å². The smallest absolute Gasteiger partial charge is 0.123 e. The number of hydrogen-bond acceptors (Lipinski definition) is 3. The van der Waals surface area contributed by atoms with E-state index in [4.69, 9.17) is 9.47 Å². The molecule has 2 rings (SSSR count). The quantitative estimate of drug-likeness (QED) is 0.772. The van der Waals surface area contributed by atoms with Crippen LogP contribution in [0, 0.1) is 5.92 Å². The average Bonchev–Trinajstić information content (AvgIpc) is 2.45. The standard InChI is InChI=1S/C17H27NO2/c1-3-19-16-8-5-9-17(13-16)20-11-10-18-15-7-4-6-14(2)12-15/h5,8-9,13-15,18H,3-4,6-7,10-12H2,1-2H3. The second-order valence-corrected chi connectivity index (χ2v) is 5.68. The molecule has 0 amide bonds. The van der Waals surface area contributed by atoms with Gasteiger partial charge >= 0.3 is 0 Å². The molecule has 3 nitrogen and oxygen atoms in total. The molecule has 1 N–H and O–H groups in total. The Hall–Kier alpha value is -1.22. The van der Waals surface area contributed by atoms with E-state index in [0.29, 0.717) is 19.3 Å². The van der Waals surface area contributed by atoms with Crippen molar-refractivity contribution in [2.75, 3.05) is 19.8 Å². The molecule has 2 unspecified atom stereocenters. The number of benzene rings is 1. The minimum Gasteiger partial charge on any atom is -0.494 e. The number of hydrogen-bond donors (Lipinski definition) is 1. The van der Waals surface area contributed by atoms with Gasteiger partial charge in [-0.3, -0.25) is 0 Å². The summed E-state index contributed by atoms with van der Waals surface area (Å²) in [5.41, 5.74) is 0. The Kier molecular flexibility index (Phi) is 6.19. The molecule has 1 aliphatic carbocycles. The minimum absolute atomic E-state index is 0.678. The van der Waals surface area contributed by atoms with Crippen molar-refractivity contribution in [1.82, 2.24) is 5.32 Å². The molecule has 1 aromatic rings. The van der Waals surface area contributed by atoms with Crippen LogP contribution in [0.15, 0.2) is 24.3 Å². The van der Waals surface area contributed by atoms with Gasteiger partial charge in [0.25, 0.3) is 0 Å². The molecule has 1 saturated carbocycles. The van der Waals surface area contributed by atoms with E-state index in [1.165, 1.54) is 25.7 Å². The molecule has 0 aliphatic heterocycles. The summed E-state index contributed by atoms with van der Waals surface area (Å²) in [6, 6.07) is 8.53. The summed E-state index contributed by atoms with van der Waals surface area (Å²) < 4.78 is 11.2. The number of rotatable bonds is 7. The number of ether oxygens (including phenoxy) is 2. The van der Waals surface area contributed by atoms with Crippen LogP contribution in [-0.2, 0) is 0 Å². The Balaban J connectivity index is 1.66. The van der Waals surface area contributed by atoms with Crippen molar-refractivity contribution in [1.29, 1.82) is 0 Å². The van der Waals surface area contributed by atoms with Gasteiger partial charge in [0, 0.05) is 18.7 Å². The zero-order chi connectivity index (χ0) is 14.2. The van der Waals surface area contributed by atoms with Crippen LogP contribution in [0.4, 0.5) is 0 Å². The van der Waals surface area contributed by atoms with Crippen LogP contribution in [-0.4, -0.2) is 25.8 Å². The monoisotopic (exact) mass is 277 g/mol. The largest absolute Gasteiger partial charge is 0.494 e. The van der Waals surface area contributed by atoms with E-state index < -0.39 is 0 Å². The summed E-state index contributed by atoms with van der Waals surface area (Å²) >= 11 is 0. The van der Waals surface area contributed by atoms with Crippen molar-refractivity contribution in [2.24, 2.45) is 5.92 Å². The van der Waals surface area contributed by atoms with Gasteiger partial charge in [0.15, 0.2) is 0 Å². The van der Waals surface area contributed by atoms with Crippen molar-refractivity contribution in [2.45, 2.75) is 45.6 Å². The molecule has 2 atom stereocenters. The summed E-state index contributed by atoms with van der Waals surface area (Å²) in [6.07, 6.45) is 5.36. The molecule has 0 saturated heterocycles. The van der Waals surface area contributed by atoms with Gasteiger partial charge in [-0.05, 0) is 37.8 Å². The van der Waals surface area contributed by atoms with E-state index in [-0.39, 0.29) is 0 Å². The Morgan fingerprint density at radius 1 is 1.20 bits per heavy atom. The maximum absolute atomic E-state index is 5.77. The first kappa shape index (κ1) is 15.2. The number of nitrogens with one attached hydrogen (secondary N) is 1. The zero-order valence-electron chi connectivity index (χ0n) is 12.7. The van der Waals surface area contributed by atoms with E-state index in [1.54, 1.807) is 0 Å². The molecule has 0 bridgehead atoms. The summed E-state index contributed by atoms with van der Waals surface area (Å²) in [5.74, 6) is 2.62. The fourth-order valence-electron chi connectivity index (χ4n) is 2.87. The highest BCUT2D eigenvalue weighted by molar-refractivity contribution is 5.32. The highest BCUT2D eigenvalue weighted by atomic mass is 16.5. The lowest BCUT2D eigenvalue weighted by Crippen LogP contribution is -2.36. The van der Waals surface area contributed by atoms with Crippen molar-refractivity contribution in [3.63, 3.8) is 0 Å². The van der Waals surface area contributed by atoms with Crippen molar-refractivity contribution in [3.8, 4) is 11.5 Å². The first-order valence-corrected chi connectivity index (χ1v) is 7.87. The van der Waals surface area contributed by atoms with Gasteiger partial charge in [-0.25, -0.2) is 0 Å². The van der Waals surface area contributed by atoms with Gasteiger partial charge in [-0.2, -0.15) is 0 Å². The SMILES string of the molecule is CCOc1cccc(OCCNC2CCCC(C)C2)c1. The van der Waals surface area contributed by atoms with Crippen LogP contribution in [0.2, 0.25) is 0 Å². The van der Waals surface area contributed by atoms with E-state index in [1.807, 2.05) is 31.2 Å². The van der Waals surface area contributed by atoms with E-state index >= 15 is 0 Å². The second-order valence-electron chi connectivity index (χ2n) is 5.68. The van der Waals surface area contributed by atoms with Gasteiger partial charge in [-0.1, -0.05) is 25.8 Å². The fourth-order valence-corrected chi connectivity index (χ4v) is 2.87. The van der Waals surface area contributed by atoms with Gasteiger partial charge in [0.1, 0.15) is 18.1 Å². The minimum atomic E-state index is 0.678.